The van der Waals surface area contributed by atoms with Gasteiger partial charge >= 0.3 is 0 Å². The lowest BCUT2D eigenvalue weighted by molar-refractivity contribution is 0.0264. The Morgan fingerprint density at radius 2 is 1.85 bits per heavy atom. The van der Waals surface area contributed by atoms with Gasteiger partial charge in [-0.2, -0.15) is 5.10 Å². The van der Waals surface area contributed by atoms with Crippen molar-refractivity contribution < 1.29 is 14.2 Å². The van der Waals surface area contributed by atoms with Crippen molar-refractivity contribution in [2.75, 3.05) is 52.5 Å². The first-order valence-electron chi connectivity index (χ1n) is 9.64. The van der Waals surface area contributed by atoms with Crippen LogP contribution in [0.1, 0.15) is 5.56 Å². The van der Waals surface area contributed by atoms with Crippen LogP contribution in [0.3, 0.4) is 0 Å². The van der Waals surface area contributed by atoms with Crippen LogP contribution in [0.2, 0.25) is 0 Å². The molecule has 6 nitrogen and oxygen atoms in total. The molecular weight excluding hydrogens is 347 g/mol. The molecule has 3 heterocycles. The van der Waals surface area contributed by atoms with E-state index in [1.54, 1.807) is 12.1 Å². The van der Waals surface area contributed by atoms with Crippen molar-refractivity contribution in [2.24, 2.45) is 11.8 Å². The molecule has 2 aromatic rings. The molecule has 146 valence electrons. The number of ether oxygens (including phenoxy) is 1. The van der Waals surface area contributed by atoms with Crippen molar-refractivity contribution in [3.63, 3.8) is 0 Å². The predicted molar refractivity (Wildman–Crippen MR) is 101 cm³/mol. The lowest BCUT2D eigenvalue weighted by Gasteiger charge is -2.30. The highest BCUT2D eigenvalue weighted by Gasteiger charge is 2.34. The molecule has 0 amide bonds. The fraction of sp³-hybridized carbons (Fsp3) is 0.550. The van der Waals surface area contributed by atoms with E-state index in [1.165, 1.54) is 12.1 Å². The number of nitrogens with one attached hydrogen (secondary N) is 1. The number of aromatic amines is 1. The summed E-state index contributed by atoms with van der Waals surface area (Å²) in [6, 6.07) is 6.48. The lowest BCUT2D eigenvalue weighted by atomic mass is 9.96. The van der Waals surface area contributed by atoms with Crippen LogP contribution < -0.4 is 0 Å². The molecule has 0 bridgehead atoms. The van der Waals surface area contributed by atoms with Crippen LogP contribution in [0.25, 0.3) is 11.3 Å². The zero-order valence-electron chi connectivity index (χ0n) is 15.5. The minimum atomic E-state index is -0.240. The highest BCUT2D eigenvalue weighted by atomic mass is 19.1. The number of hydrogen-bond acceptors (Lipinski definition) is 5. The van der Waals surface area contributed by atoms with Crippen molar-refractivity contribution in [3.8, 4) is 11.3 Å². The van der Waals surface area contributed by atoms with Gasteiger partial charge in [-0.15, -0.1) is 0 Å². The Kier molecular flexibility index (Phi) is 5.83. The topological polar surface area (TPSA) is 64.6 Å². The summed E-state index contributed by atoms with van der Waals surface area (Å²) in [4.78, 5) is 4.84. The number of benzene rings is 1. The van der Waals surface area contributed by atoms with Gasteiger partial charge in [0.05, 0.1) is 25.1 Å². The first-order valence-corrected chi connectivity index (χ1v) is 9.64. The largest absolute Gasteiger partial charge is 0.396 e. The molecular formula is C20H27FN4O2. The zero-order valence-corrected chi connectivity index (χ0v) is 15.5. The zero-order chi connectivity index (χ0) is 18.6. The maximum Gasteiger partial charge on any atom is 0.123 e. The molecule has 0 spiro atoms. The maximum atomic E-state index is 13.2. The average Bonchev–Trinajstić information content (AvgIpc) is 3.30. The molecule has 1 aromatic carbocycles. The van der Waals surface area contributed by atoms with Crippen molar-refractivity contribution in [1.82, 2.24) is 20.0 Å². The van der Waals surface area contributed by atoms with Crippen LogP contribution in [0, 0.1) is 17.7 Å². The summed E-state index contributed by atoms with van der Waals surface area (Å²) in [5.74, 6) is 0.527. The number of hydrogen-bond donors (Lipinski definition) is 2. The molecule has 2 aliphatic heterocycles. The fourth-order valence-corrected chi connectivity index (χ4v) is 4.23. The Labute approximate surface area is 158 Å². The molecule has 0 unspecified atom stereocenters. The molecule has 0 radical (unpaired) electrons. The molecule has 2 atom stereocenters. The quantitative estimate of drug-likeness (QED) is 0.804. The highest BCUT2D eigenvalue weighted by molar-refractivity contribution is 5.62. The van der Waals surface area contributed by atoms with Gasteiger partial charge in [-0.1, -0.05) is 0 Å². The number of rotatable bonds is 6. The van der Waals surface area contributed by atoms with Crippen LogP contribution in [-0.2, 0) is 11.3 Å². The van der Waals surface area contributed by atoms with Crippen LogP contribution in [0.4, 0.5) is 4.39 Å². The molecule has 2 N–H and O–H groups in total. The summed E-state index contributed by atoms with van der Waals surface area (Å²) in [5, 5.41) is 17.1. The van der Waals surface area contributed by atoms with Crippen molar-refractivity contribution >= 4 is 0 Å². The number of likely N-dealkylation sites (tertiary alicyclic amines) is 1. The highest BCUT2D eigenvalue weighted by Crippen LogP contribution is 2.28. The van der Waals surface area contributed by atoms with Gasteiger partial charge in [0.25, 0.3) is 0 Å². The van der Waals surface area contributed by atoms with E-state index in [4.69, 9.17) is 4.74 Å². The number of H-pyrrole nitrogens is 1. The van der Waals surface area contributed by atoms with Crippen molar-refractivity contribution in [2.45, 2.75) is 6.54 Å². The fourth-order valence-electron chi connectivity index (χ4n) is 4.23. The number of morpholine rings is 1. The molecule has 0 saturated carbocycles. The number of aliphatic hydroxyl groups excluding tert-OH is 1. The smallest absolute Gasteiger partial charge is 0.123 e. The summed E-state index contributed by atoms with van der Waals surface area (Å²) in [6.07, 6.45) is 1.85. The second kappa shape index (κ2) is 8.48. The second-order valence-corrected chi connectivity index (χ2v) is 7.59. The minimum Gasteiger partial charge on any atom is -0.396 e. The summed E-state index contributed by atoms with van der Waals surface area (Å²) in [5.41, 5.74) is 2.98. The van der Waals surface area contributed by atoms with E-state index in [2.05, 4.69) is 20.0 Å². The Balaban J connectivity index is 1.41. The van der Waals surface area contributed by atoms with E-state index >= 15 is 0 Å². The number of nitrogens with zero attached hydrogens (tertiary/aromatic N) is 3. The number of aliphatic hydroxyl groups is 1. The normalized spacial score (nSPS) is 24.5. The minimum absolute atomic E-state index is 0.224. The summed E-state index contributed by atoms with van der Waals surface area (Å²) < 4.78 is 18.6. The third kappa shape index (κ3) is 4.38. The van der Waals surface area contributed by atoms with Crippen LogP contribution in [-0.4, -0.2) is 77.6 Å². The van der Waals surface area contributed by atoms with Gasteiger partial charge in [-0.05, 0) is 36.1 Å². The molecule has 2 aliphatic rings. The van der Waals surface area contributed by atoms with Crippen LogP contribution in [0.15, 0.2) is 30.5 Å². The van der Waals surface area contributed by atoms with Gasteiger partial charge in [-0.25, -0.2) is 4.39 Å². The third-order valence-electron chi connectivity index (χ3n) is 5.73. The van der Waals surface area contributed by atoms with Crippen molar-refractivity contribution in [1.29, 1.82) is 0 Å². The van der Waals surface area contributed by atoms with Gasteiger partial charge in [0, 0.05) is 57.0 Å². The standard InChI is InChI=1S/C20H27FN4O2/c21-19-3-1-15(2-4-19)20-16(9-22-23-20)10-25-12-17(18(13-25)14-26)11-24-5-7-27-8-6-24/h1-4,9,17-18,26H,5-8,10-14H2,(H,22,23)/t17-,18-/m1/s1. The van der Waals surface area contributed by atoms with Crippen LogP contribution >= 0.6 is 0 Å². The van der Waals surface area contributed by atoms with E-state index < -0.39 is 0 Å². The Hall–Kier alpha value is -1.80. The van der Waals surface area contributed by atoms with Gasteiger partial charge in [-0.3, -0.25) is 14.9 Å². The Morgan fingerprint density at radius 3 is 2.59 bits per heavy atom. The van der Waals surface area contributed by atoms with E-state index in [0.717, 1.165) is 69.3 Å². The summed E-state index contributed by atoms with van der Waals surface area (Å²) >= 11 is 0. The monoisotopic (exact) mass is 374 g/mol. The molecule has 1 aromatic heterocycles. The molecule has 2 fully saturated rings. The predicted octanol–water partition coefficient (Wildman–Crippen LogP) is 1.59. The van der Waals surface area contributed by atoms with E-state index in [-0.39, 0.29) is 12.4 Å². The number of halogens is 1. The lowest BCUT2D eigenvalue weighted by Crippen LogP contribution is -2.41. The molecule has 0 aliphatic carbocycles. The first-order chi connectivity index (χ1) is 13.2. The average molecular weight is 374 g/mol. The molecule has 27 heavy (non-hydrogen) atoms. The Morgan fingerprint density at radius 1 is 1.11 bits per heavy atom. The molecule has 7 heteroatoms. The van der Waals surface area contributed by atoms with E-state index in [9.17, 15) is 9.50 Å². The van der Waals surface area contributed by atoms with E-state index in [1.807, 2.05) is 6.20 Å². The summed E-state index contributed by atoms with van der Waals surface area (Å²) in [6.45, 7) is 7.43. The maximum absolute atomic E-state index is 13.2. The van der Waals surface area contributed by atoms with Gasteiger partial charge in [0.15, 0.2) is 0 Å². The van der Waals surface area contributed by atoms with E-state index in [0.29, 0.717) is 11.8 Å². The van der Waals surface area contributed by atoms with Crippen molar-refractivity contribution in [3.05, 3.63) is 41.8 Å². The van der Waals surface area contributed by atoms with Gasteiger partial charge in [0.2, 0.25) is 0 Å². The first kappa shape index (κ1) is 18.6. The third-order valence-corrected chi connectivity index (χ3v) is 5.73. The molecule has 2 saturated heterocycles. The Bertz CT molecular complexity index is 730. The molecule has 4 rings (SSSR count). The number of aromatic nitrogens is 2. The SMILES string of the molecule is OC[C@H]1CN(Cc2cn[nH]c2-c2ccc(F)cc2)C[C@H]1CN1CCOCC1. The summed E-state index contributed by atoms with van der Waals surface area (Å²) in [7, 11) is 0. The van der Waals surface area contributed by atoms with Gasteiger partial charge in [0.1, 0.15) is 5.82 Å². The second-order valence-electron chi connectivity index (χ2n) is 7.59. The van der Waals surface area contributed by atoms with Gasteiger partial charge < -0.3 is 9.84 Å². The van der Waals surface area contributed by atoms with Crippen LogP contribution in [0.5, 0.6) is 0 Å².